The van der Waals surface area contributed by atoms with Crippen LogP contribution in [0, 0.1) is 5.92 Å². The minimum absolute atomic E-state index is 0.667. The number of nitrogens with zero attached hydrogens (tertiary/aromatic N) is 1. The molecule has 3 heteroatoms. The van der Waals surface area contributed by atoms with E-state index in [1.165, 1.54) is 0 Å². The molecule has 0 radical (unpaired) electrons. The van der Waals surface area contributed by atoms with E-state index in [1.807, 2.05) is 0 Å². The molecule has 1 aromatic rings. The molecule has 1 N–H and O–H groups in total. The molecule has 0 aliphatic carbocycles. The summed E-state index contributed by atoms with van der Waals surface area (Å²) in [6, 6.07) is 0. The summed E-state index contributed by atoms with van der Waals surface area (Å²) in [5, 5.41) is 3.28. The highest BCUT2D eigenvalue weighted by atomic mass is 16.4. The van der Waals surface area contributed by atoms with E-state index in [1.54, 1.807) is 6.20 Å². The van der Waals surface area contributed by atoms with Gasteiger partial charge in [0.05, 0.1) is 12.7 Å². The number of aryl methyl sites for hydroxylation is 1. The first-order chi connectivity index (χ1) is 6.22. The average molecular weight is 182 g/mol. The zero-order chi connectivity index (χ0) is 9.68. The number of rotatable bonds is 5. The Bertz CT molecular complexity index is 243. The summed E-state index contributed by atoms with van der Waals surface area (Å²) >= 11 is 0. The fraction of sp³-hybridized carbons (Fsp3) is 0.700. The Labute approximate surface area is 79.5 Å². The lowest BCUT2D eigenvalue weighted by Crippen LogP contribution is -2.19. The van der Waals surface area contributed by atoms with Crippen molar-refractivity contribution in [3.8, 4) is 0 Å². The zero-order valence-electron chi connectivity index (χ0n) is 8.63. The molecule has 0 aromatic carbocycles. The van der Waals surface area contributed by atoms with Crippen molar-refractivity contribution in [3.05, 3.63) is 17.8 Å². The van der Waals surface area contributed by atoms with Crippen LogP contribution in [0.4, 0.5) is 0 Å². The first-order valence-corrected chi connectivity index (χ1v) is 4.86. The maximum absolute atomic E-state index is 5.44. The fourth-order valence-electron chi connectivity index (χ4n) is 1.06. The minimum Gasteiger partial charge on any atom is -0.444 e. The average Bonchev–Trinajstić information content (AvgIpc) is 2.52. The van der Waals surface area contributed by atoms with Crippen molar-refractivity contribution in [1.82, 2.24) is 10.3 Å². The van der Waals surface area contributed by atoms with Crippen LogP contribution in [0.15, 0.2) is 10.6 Å². The molecule has 0 bridgehead atoms. The third kappa shape index (κ3) is 3.59. The Morgan fingerprint density at radius 3 is 2.85 bits per heavy atom. The van der Waals surface area contributed by atoms with Crippen molar-refractivity contribution in [2.24, 2.45) is 5.92 Å². The summed E-state index contributed by atoms with van der Waals surface area (Å²) in [6.07, 6.45) is 2.71. The van der Waals surface area contributed by atoms with Crippen molar-refractivity contribution in [3.63, 3.8) is 0 Å². The van der Waals surface area contributed by atoms with E-state index in [9.17, 15) is 0 Å². The van der Waals surface area contributed by atoms with Gasteiger partial charge in [0.15, 0.2) is 0 Å². The monoisotopic (exact) mass is 182 g/mol. The molecule has 0 aliphatic rings. The predicted molar refractivity (Wildman–Crippen MR) is 52.4 cm³/mol. The van der Waals surface area contributed by atoms with Crippen molar-refractivity contribution >= 4 is 0 Å². The van der Waals surface area contributed by atoms with Crippen LogP contribution in [0.3, 0.4) is 0 Å². The standard InChI is InChI=1S/C10H18N2O/c1-4-9-6-12-10(13-9)7-11-5-8(2)3/h6,8,11H,4-5,7H2,1-3H3. The summed E-state index contributed by atoms with van der Waals surface area (Å²) in [7, 11) is 0. The van der Waals surface area contributed by atoms with E-state index >= 15 is 0 Å². The van der Waals surface area contributed by atoms with Crippen molar-refractivity contribution < 1.29 is 4.42 Å². The first-order valence-electron chi connectivity index (χ1n) is 4.86. The van der Waals surface area contributed by atoms with E-state index in [2.05, 4.69) is 31.1 Å². The highest BCUT2D eigenvalue weighted by Crippen LogP contribution is 2.03. The summed E-state index contributed by atoms with van der Waals surface area (Å²) in [5.74, 6) is 2.42. The maximum atomic E-state index is 5.44. The van der Waals surface area contributed by atoms with Crippen LogP contribution in [-0.4, -0.2) is 11.5 Å². The quantitative estimate of drug-likeness (QED) is 0.756. The molecule has 0 saturated carbocycles. The normalized spacial score (nSPS) is 11.1. The molecule has 13 heavy (non-hydrogen) atoms. The van der Waals surface area contributed by atoms with Gasteiger partial charge in [0.25, 0.3) is 0 Å². The van der Waals surface area contributed by atoms with Gasteiger partial charge in [-0.1, -0.05) is 20.8 Å². The zero-order valence-corrected chi connectivity index (χ0v) is 8.63. The summed E-state index contributed by atoms with van der Waals surface area (Å²) in [5.41, 5.74) is 0. The molecule has 0 atom stereocenters. The Balaban J connectivity index is 2.28. The van der Waals surface area contributed by atoms with Crippen molar-refractivity contribution in [2.75, 3.05) is 6.54 Å². The van der Waals surface area contributed by atoms with Crippen LogP contribution in [0.5, 0.6) is 0 Å². The number of nitrogens with one attached hydrogen (secondary N) is 1. The van der Waals surface area contributed by atoms with Crippen LogP contribution in [0.25, 0.3) is 0 Å². The van der Waals surface area contributed by atoms with Gasteiger partial charge in [-0.25, -0.2) is 4.98 Å². The first kappa shape index (κ1) is 10.3. The predicted octanol–water partition coefficient (Wildman–Crippen LogP) is 1.98. The molecule has 0 fully saturated rings. The van der Waals surface area contributed by atoms with Crippen molar-refractivity contribution in [1.29, 1.82) is 0 Å². The third-order valence-electron chi connectivity index (χ3n) is 1.78. The molecule has 0 unspecified atom stereocenters. The van der Waals surface area contributed by atoms with E-state index in [0.717, 1.165) is 31.2 Å². The highest BCUT2D eigenvalue weighted by molar-refractivity contribution is 4.93. The Morgan fingerprint density at radius 1 is 1.54 bits per heavy atom. The van der Waals surface area contributed by atoms with Crippen molar-refractivity contribution in [2.45, 2.75) is 33.7 Å². The third-order valence-corrected chi connectivity index (χ3v) is 1.78. The van der Waals surface area contributed by atoms with Gasteiger partial charge < -0.3 is 9.73 Å². The van der Waals surface area contributed by atoms with E-state index in [4.69, 9.17) is 4.42 Å². The molecule has 0 saturated heterocycles. The van der Waals surface area contributed by atoms with Crippen LogP contribution in [0.2, 0.25) is 0 Å². The van der Waals surface area contributed by atoms with E-state index in [-0.39, 0.29) is 0 Å². The second-order valence-electron chi connectivity index (χ2n) is 3.60. The molecule has 0 amide bonds. The molecule has 1 heterocycles. The Morgan fingerprint density at radius 2 is 2.31 bits per heavy atom. The van der Waals surface area contributed by atoms with Gasteiger partial charge in [-0.3, -0.25) is 0 Å². The van der Waals surface area contributed by atoms with Gasteiger partial charge in [0.1, 0.15) is 5.76 Å². The van der Waals surface area contributed by atoms with Crippen LogP contribution < -0.4 is 5.32 Å². The van der Waals surface area contributed by atoms with Crippen LogP contribution in [-0.2, 0) is 13.0 Å². The van der Waals surface area contributed by atoms with E-state index < -0.39 is 0 Å². The number of hydrogen-bond donors (Lipinski definition) is 1. The molecule has 1 rings (SSSR count). The lowest BCUT2D eigenvalue weighted by molar-refractivity contribution is 0.428. The van der Waals surface area contributed by atoms with Gasteiger partial charge in [-0.15, -0.1) is 0 Å². The molecule has 0 aliphatic heterocycles. The van der Waals surface area contributed by atoms with Gasteiger partial charge in [-0.2, -0.15) is 0 Å². The molecular weight excluding hydrogens is 164 g/mol. The Hall–Kier alpha value is -0.830. The smallest absolute Gasteiger partial charge is 0.208 e. The lowest BCUT2D eigenvalue weighted by atomic mass is 10.2. The topological polar surface area (TPSA) is 38.1 Å². The van der Waals surface area contributed by atoms with E-state index in [0.29, 0.717) is 5.92 Å². The highest BCUT2D eigenvalue weighted by Gasteiger charge is 2.01. The molecule has 0 spiro atoms. The van der Waals surface area contributed by atoms with Crippen LogP contribution in [0.1, 0.15) is 32.4 Å². The number of hydrogen-bond acceptors (Lipinski definition) is 3. The molecule has 74 valence electrons. The number of aromatic nitrogens is 1. The largest absolute Gasteiger partial charge is 0.444 e. The van der Waals surface area contributed by atoms with Gasteiger partial charge in [0.2, 0.25) is 5.89 Å². The molecular formula is C10H18N2O. The van der Waals surface area contributed by atoms with Gasteiger partial charge in [-0.05, 0) is 12.5 Å². The molecule has 3 nitrogen and oxygen atoms in total. The second-order valence-corrected chi connectivity index (χ2v) is 3.60. The maximum Gasteiger partial charge on any atom is 0.208 e. The SMILES string of the molecule is CCc1cnc(CNCC(C)C)o1. The Kier molecular flexibility index (Phi) is 3.96. The second kappa shape index (κ2) is 5.02. The van der Waals surface area contributed by atoms with Gasteiger partial charge in [0, 0.05) is 6.42 Å². The fourth-order valence-corrected chi connectivity index (χ4v) is 1.06. The lowest BCUT2D eigenvalue weighted by Gasteiger charge is -2.03. The summed E-state index contributed by atoms with van der Waals surface area (Å²) in [4.78, 5) is 4.15. The summed E-state index contributed by atoms with van der Waals surface area (Å²) in [6.45, 7) is 8.16. The van der Waals surface area contributed by atoms with Gasteiger partial charge >= 0.3 is 0 Å². The molecule has 1 aromatic heterocycles. The van der Waals surface area contributed by atoms with Crippen LogP contribution >= 0.6 is 0 Å². The number of oxazole rings is 1. The summed E-state index contributed by atoms with van der Waals surface area (Å²) < 4.78 is 5.44. The minimum atomic E-state index is 0.667.